The van der Waals surface area contributed by atoms with Crippen molar-refractivity contribution < 1.29 is 4.79 Å². The van der Waals surface area contributed by atoms with E-state index in [-0.39, 0.29) is 24.4 Å². The molecule has 1 amide bonds. The maximum absolute atomic E-state index is 12.2. The second-order valence-corrected chi connectivity index (χ2v) is 6.94. The van der Waals surface area contributed by atoms with Crippen LogP contribution in [0.2, 0.25) is 0 Å². The largest absolute Gasteiger partial charge is 0.399 e. The summed E-state index contributed by atoms with van der Waals surface area (Å²) in [5, 5.41) is 5.28. The zero-order chi connectivity index (χ0) is 15.4. The van der Waals surface area contributed by atoms with Gasteiger partial charge in [0.25, 0.3) is 0 Å². The molecule has 1 aliphatic carbocycles. The predicted octanol–water partition coefficient (Wildman–Crippen LogP) is 4.27. The first-order valence-electron chi connectivity index (χ1n) is 7.92. The lowest BCUT2D eigenvalue weighted by molar-refractivity contribution is -0.122. The molecule has 1 heterocycles. The van der Waals surface area contributed by atoms with Crippen molar-refractivity contribution in [2.75, 3.05) is 5.73 Å². The zero-order valence-electron chi connectivity index (χ0n) is 13.1. The maximum atomic E-state index is 12.2. The highest BCUT2D eigenvalue weighted by atomic mass is 35.5. The molecule has 0 fully saturated rings. The quantitative estimate of drug-likeness (QED) is 0.791. The van der Waals surface area contributed by atoms with Gasteiger partial charge in [0.1, 0.15) is 0 Å². The topological polar surface area (TPSA) is 55.1 Å². The molecular formula is C18H23ClN2OS. The van der Waals surface area contributed by atoms with E-state index in [1.165, 1.54) is 16.0 Å². The highest BCUT2D eigenvalue weighted by molar-refractivity contribution is 7.09. The molecular weight excluding hydrogens is 328 g/mol. The Morgan fingerprint density at radius 1 is 1.35 bits per heavy atom. The molecule has 3 nitrogen and oxygen atoms in total. The second kappa shape index (κ2) is 8.37. The van der Waals surface area contributed by atoms with E-state index in [1.807, 2.05) is 12.1 Å². The van der Waals surface area contributed by atoms with E-state index in [0.29, 0.717) is 6.42 Å². The number of halogens is 1. The zero-order valence-corrected chi connectivity index (χ0v) is 14.7. The summed E-state index contributed by atoms with van der Waals surface area (Å²) in [6.45, 7) is 0. The van der Waals surface area contributed by atoms with Crippen LogP contribution < -0.4 is 11.1 Å². The van der Waals surface area contributed by atoms with Gasteiger partial charge in [0.2, 0.25) is 5.91 Å². The Hall–Kier alpha value is -1.52. The molecule has 5 heteroatoms. The molecule has 1 unspecified atom stereocenters. The molecule has 23 heavy (non-hydrogen) atoms. The first kappa shape index (κ1) is 17.8. The molecule has 0 bridgehead atoms. The molecule has 0 saturated heterocycles. The Balaban J connectivity index is 0.00000192. The van der Waals surface area contributed by atoms with Crippen LogP contribution in [0, 0.1) is 0 Å². The van der Waals surface area contributed by atoms with Gasteiger partial charge in [0.15, 0.2) is 0 Å². The van der Waals surface area contributed by atoms with E-state index in [0.717, 1.165) is 37.8 Å². The van der Waals surface area contributed by atoms with Crippen LogP contribution >= 0.6 is 23.7 Å². The van der Waals surface area contributed by atoms with Gasteiger partial charge in [-0.1, -0.05) is 12.1 Å². The fourth-order valence-electron chi connectivity index (χ4n) is 3.13. The van der Waals surface area contributed by atoms with Gasteiger partial charge in [0.05, 0.1) is 6.04 Å². The van der Waals surface area contributed by atoms with Crippen molar-refractivity contribution in [3.05, 3.63) is 51.7 Å². The van der Waals surface area contributed by atoms with Gasteiger partial charge >= 0.3 is 0 Å². The van der Waals surface area contributed by atoms with Gasteiger partial charge in [-0.25, -0.2) is 0 Å². The number of thiophene rings is 1. The van der Waals surface area contributed by atoms with Gasteiger partial charge in [-0.2, -0.15) is 0 Å². The Morgan fingerprint density at radius 2 is 2.22 bits per heavy atom. The van der Waals surface area contributed by atoms with Crippen molar-refractivity contribution in [1.82, 2.24) is 5.32 Å². The fraction of sp³-hybridized carbons (Fsp3) is 0.389. The first-order chi connectivity index (χ1) is 10.7. The first-order valence-corrected chi connectivity index (χ1v) is 8.80. The van der Waals surface area contributed by atoms with E-state index in [2.05, 4.69) is 28.9 Å². The van der Waals surface area contributed by atoms with E-state index in [4.69, 9.17) is 5.73 Å². The van der Waals surface area contributed by atoms with E-state index < -0.39 is 0 Å². The van der Waals surface area contributed by atoms with Gasteiger partial charge < -0.3 is 11.1 Å². The van der Waals surface area contributed by atoms with Crippen LogP contribution in [0.3, 0.4) is 0 Å². The fourth-order valence-corrected chi connectivity index (χ4v) is 3.88. The molecule has 1 aromatic carbocycles. The number of carbonyl (C=O) groups excluding carboxylic acids is 1. The minimum absolute atomic E-state index is 0. The third kappa shape index (κ3) is 4.72. The van der Waals surface area contributed by atoms with Crippen molar-refractivity contribution >= 4 is 35.3 Å². The number of fused-ring (bicyclic) bond motifs is 1. The summed E-state index contributed by atoms with van der Waals surface area (Å²) in [7, 11) is 0. The lowest BCUT2D eigenvalue weighted by Crippen LogP contribution is -2.30. The number of hydrogen-bond acceptors (Lipinski definition) is 3. The van der Waals surface area contributed by atoms with Crippen LogP contribution in [-0.2, 0) is 17.6 Å². The van der Waals surface area contributed by atoms with Crippen LogP contribution in [0.15, 0.2) is 35.7 Å². The SMILES string of the molecule is Cl.Nc1ccc2c(c1)CCCC2NC(=O)CCCc1cccs1. The molecule has 0 aliphatic heterocycles. The van der Waals surface area contributed by atoms with Crippen LogP contribution in [-0.4, -0.2) is 5.91 Å². The monoisotopic (exact) mass is 350 g/mol. The number of anilines is 1. The van der Waals surface area contributed by atoms with Crippen LogP contribution in [0.1, 0.15) is 47.7 Å². The number of nitrogens with two attached hydrogens (primary N) is 1. The lowest BCUT2D eigenvalue weighted by Gasteiger charge is -2.26. The number of nitrogens with one attached hydrogen (secondary N) is 1. The summed E-state index contributed by atoms with van der Waals surface area (Å²) >= 11 is 1.76. The molecule has 1 atom stereocenters. The lowest BCUT2D eigenvalue weighted by atomic mass is 9.87. The molecule has 1 aromatic heterocycles. The smallest absolute Gasteiger partial charge is 0.220 e. The summed E-state index contributed by atoms with van der Waals surface area (Å²) < 4.78 is 0. The average molecular weight is 351 g/mol. The number of amides is 1. The normalized spacial score (nSPS) is 16.3. The Kier molecular flexibility index (Phi) is 6.48. The highest BCUT2D eigenvalue weighted by Crippen LogP contribution is 2.31. The molecule has 0 saturated carbocycles. The number of benzene rings is 1. The number of rotatable bonds is 5. The molecule has 3 N–H and O–H groups in total. The predicted molar refractivity (Wildman–Crippen MR) is 99.2 cm³/mol. The molecule has 0 radical (unpaired) electrons. The minimum atomic E-state index is 0. The Labute approximate surface area is 147 Å². The third-order valence-corrected chi connectivity index (χ3v) is 5.16. The maximum Gasteiger partial charge on any atom is 0.220 e. The van der Waals surface area contributed by atoms with Gasteiger partial charge in [-0.05, 0) is 66.8 Å². The van der Waals surface area contributed by atoms with Gasteiger partial charge in [0, 0.05) is 17.0 Å². The molecule has 1 aliphatic rings. The molecule has 0 spiro atoms. The van der Waals surface area contributed by atoms with Crippen molar-refractivity contribution in [1.29, 1.82) is 0 Å². The van der Waals surface area contributed by atoms with E-state index in [9.17, 15) is 4.79 Å². The van der Waals surface area contributed by atoms with Crippen molar-refractivity contribution in [2.24, 2.45) is 0 Å². The number of aryl methyl sites for hydroxylation is 2. The number of hydrogen-bond donors (Lipinski definition) is 2. The second-order valence-electron chi connectivity index (χ2n) is 5.90. The summed E-state index contributed by atoms with van der Waals surface area (Å²) in [6.07, 6.45) is 5.69. The van der Waals surface area contributed by atoms with E-state index >= 15 is 0 Å². The molecule has 3 rings (SSSR count). The van der Waals surface area contributed by atoms with Crippen molar-refractivity contribution in [3.63, 3.8) is 0 Å². The summed E-state index contributed by atoms with van der Waals surface area (Å²) in [5.74, 6) is 0.159. The summed E-state index contributed by atoms with van der Waals surface area (Å²) in [6, 6.07) is 10.4. The molecule has 2 aromatic rings. The van der Waals surface area contributed by atoms with Crippen LogP contribution in [0.4, 0.5) is 5.69 Å². The summed E-state index contributed by atoms with van der Waals surface area (Å²) in [5.41, 5.74) is 9.19. The standard InChI is InChI=1S/C18H22N2OS.ClH/c19-14-9-10-16-13(12-14)4-1-7-17(16)20-18(21)8-2-5-15-6-3-11-22-15;/h3,6,9-12,17H,1-2,4-5,7-8,19H2,(H,20,21);1H. The highest BCUT2D eigenvalue weighted by Gasteiger charge is 2.21. The molecule has 124 valence electrons. The van der Waals surface area contributed by atoms with Crippen LogP contribution in [0.25, 0.3) is 0 Å². The number of carbonyl (C=O) groups is 1. The Morgan fingerprint density at radius 3 is 3.00 bits per heavy atom. The van der Waals surface area contributed by atoms with Crippen molar-refractivity contribution in [2.45, 2.75) is 44.6 Å². The average Bonchev–Trinajstić information content (AvgIpc) is 3.00. The van der Waals surface area contributed by atoms with Gasteiger partial charge in [-0.3, -0.25) is 4.79 Å². The number of nitrogen functional groups attached to an aromatic ring is 1. The summed E-state index contributed by atoms with van der Waals surface area (Å²) in [4.78, 5) is 13.5. The Bertz CT molecular complexity index is 642. The van der Waals surface area contributed by atoms with E-state index in [1.54, 1.807) is 11.3 Å². The van der Waals surface area contributed by atoms with Crippen molar-refractivity contribution in [3.8, 4) is 0 Å². The third-order valence-electron chi connectivity index (χ3n) is 4.22. The minimum Gasteiger partial charge on any atom is -0.399 e. The van der Waals surface area contributed by atoms with Crippen LogP contribution in [0.5, 0.6) is 0 Å². The van der Waals surface area contributed by atoms with Gasteiger partial charge in [-0.15, -0.1) is 23.7 Å².